The molecule has 0 unspecified atom stereocenters. The molecular formula is C17H20O3. The number of ether oxygens (including phenoxy) is 1. The predicted molar refractivity (Wildman–Crippen MR) is 74.0 cm³/mol. The van der Waals surface area contributed by atoms with E-state index < -0.39 is 0 Å². The molecule has 0 bridgehead atoms. The highest BCUT2D eigenvalue weighted by atomic mass is 16.5. The van der Waals surface area contributed by atoms with E-state index in [0.29, 0.717) is 11.8 Å². The number of aryl methyl sites for hydroxylation is 1. The molecule has 0 saturated heterocycles. The van der Waals surface area contributed by atoms with Crippen LogP contribution in [0.1, 0.15) is 43.3 Å². The third-order valence-electron chi connectivity index (χ3n) is 5.75. The van der Waals surface area contributed by atoms with Gasteiger partial charge in [-0.2, -0.15) is 0 Å². The quantitative estimate of drug-likeness (QED) is 0.579. The van der Waals surface area contributed by atoms with E-state index >= 15 is 0 Å². The highest BCUT2D eigenvalue weighted by Gasteiger charge is 2.67. The molecule has 4 rings (SSSR count). The van der Waals surface area contributed by atoms with Gasteiger partial charge in [-0.25, -0.2) is 0 Å². The number of furan rings is 1. The van der Waals surface area contributed by atoms with Gasteiger partial charge in [-0.3, -0.25) is 4.79 Å². The Hall–Kier alpha value is -1.51. The number of carbonyl (C=O) groups excluding carboxylic acids is 1. The molecule has 1 aromatic heterocycles. The van der Waals surface area contributed by atoms with Crippen molar-refractivity contribution in [3.63, 3.8) is 0 Å². The maximum absolute atomic E-state index is 11.6. The third-order valence-corrected chi connectivity index (χ3v) is 5.75. The number of esters is 1. The second-order valence-corrected chi connectivity index (χ2v) is 6.97. The molecule has 20 heavy (non-hydrogen) atoms. The number of fused-ring (bicyclic) bond motifs is 4. The van der Waals surface area contributed by atoms with Crippen LogP contribution in [0.3, 0.4) is 0 Å². The van der Waals surface area contributed by atoms with Crippen LogP contribution in [0.5, 0.6) is 0 Å². The fraction of sp³-hybridized carbons (Fsp3) is 0.588. The molecular weight excluding hydrogens is 252 g/mol. The molecule has 1 aromatic rings. The summed E-state index contributed by atoms with van der Waals surface area (Å²) < 4.78 is 11.5. The van der Waals surface area contributed by atoms with E-state index in [-0.39, 0.29) is 23.4 Å². The van der Waals surface area contributed by atoms with Crippen molar-refractivity contribution in [1.82, 2.24) is 0 Å². The first-order valence-corrected chi connectivity index (χ1v) is 7.36. The zero-order valence-electron chi connectivity index (χ0n) is 12.2. The first kappa shape index (κ1) is 12.2. The van der Waals surface area contributed by atoms with Crippen LogP contribution in [-0.4, -0.2) is 5.97 Å². The van der Waals surface area contributed by atoms with Crippen LogP contribution in [0.4, 0.5) is 0 Å². The van der Waals surface area contributed by atoms with Crippen LogP contribution in [0.2, 0.25) is 0 Å². The average Bonchev–Trinajstić information content (AvgIpc) is 3.03. The van der Waals surface area contributed by atoms with Crippen molar-refractivity contribution in [3.8, 4) is 0 Å². The summed E-state index contributed by atoms with van der Waals surface area (Å²) in [7, 11) is 0. The molecule has 2 saturated carbocycles. The molecule has 0 spiro atoms. The molecule has 3 nitrogen and oxygen atoms in total. The first-order chi connectivity index (χ1) is 9.43. The van der Waals surface area contributed by atoms with Gasteiger partial charge in [-0.1, -0.05) is 19.1 Å². The second-order valence-electron chi connectivity index (χ2n) is 6.97. The molecule has 106 valence electrons. The SMILES string of the molecule is C=C1[C@H]2C[C@H]2[C@@]2(C)Cc3occ(C)c3[C@H](OC(C)=O)[C@@H]12. The summed E-state index contributed by atoms with van der Waals surface area (Å²) in [6, 6.07) is 0. The molecule has 3 heteroatoms. The minimum Gasteiger partial charge on any atom is -0.469 e. The van der Waals surface area contributed by atoms with Gasteiger partial charge in [0.15, 0.2) is 0 Å². The Morgan fingerprint density at radius 3 is 3.00 bits per heavy atom. The van der Waals surface area contributed by atoms with Gasteiger partial charge in [0.05, 0.1) is 6.26 Å². The van der Waals surface area contributed by atoms with Crippen molar-refractivity contribution < 1.29 is 13.9 Å². The van der Waals surface area contributed by atoms with Crippen LogP contribution < -0.4 is 0 Å². The number of carbonyl (C=O) groups is 1. The van der Waals surface area contributed by atoms with Crippen LogP contribution in [0, 0.1) is 30.1 Å². The summed E-state index contributed by atoms with van der Waals surface area (Å²) in [5.41, 5.74) is 3.60. The van der Waals surface area contributed by atoms with Crippen molar-refractivity contribution in [1.29, 1.82) is 0 Å². The van der Waals surface area contributed by atoms with Crippen LogP contribution in [-0.2, 0) is 16.0 Å². The topological polar surface area (TPSA) is 39.4 Å². The highest BCUT2D eigenvalue weighted by molar-refractivity contribution is 5.67. The van der Waals surface area contributed by atoms with E-state index in [1.807, 2.05) is 6.92 Å². The predicted octanol–water partition coefficient (Wildman–Crippen LogP) is 3.58. The van der Waals surface area contributed by atoms with E-state index in [1.165, 1.54) is 18.9 Å². The van der Waals surface area contributed by atoms with Crippen LogP contribution in [0.25, 0.3) is 0 Å². The van der Waals surface area contributed by atoms with Crippen molar-refractivity contribution in [3.05, 3.63) is 35.3 Å². The largest absolute Gasteiger partial charge is 0.469 e. The maximum Gasteiger partial charge on any atom is 0.303 e. The molecule has 0 radical (unpaired) electrons. The molecule has 3 aliphatic carbocycles. The Morgan fingerprint density at radius 2 is 2.30 bits per heavy atom. The van der Waals surface area contributed by atoms with Gasteiger partial charge in [0.25, 0.3) is 0 Å². The van der Waals surface area contributed by atoms with Gasteiger partial charge >= 0.3 is 5.97 Å². The van der Waals surface area contributed by atoms with Crippen molar-refractivity contribution in [2.75, 3.05) is 0 Å². The number of rotatable bonds is 1. The minimum atomic E-state index is -0.223. The zero-order chi connectivity index (χ0) is 14.2. The molecule has 0 amide bonds. The Kier molecular flexibility index (Phi) is 2.19. The van der Waals surface area contributed by atoms with E-state index in [9.17, 15) is 4.79 Å². The average molecular weight is 272 g/mol. The van der Waals surface area contributed by atoms with Gasteiger partial charge in [0.1, 0.15) is 11.9 Å². The molecule has 3 aliphatic rings. The fourth-order valence-corrected chi connectivity index (χ4v) is 4.84. The van der Waals surface area contributed by atoms with Gasteiger partial charge in [0, 0.05) is 24.8 Å². The van der Waals surface area contributed by atoms with E-state index in [0.717, 1.165) is 23.3 Å². The van der Waals surface area contributed by atoms with Crippen LogP contribution >= 0.6 is 0 Å². The van der Waals surface area contributed by atoms with E-state index in [4.69, 9.17) is 9.15 Å². The molecule has 0 aromatic carbocycles. The van der Waals surface area contributed by atoms with Crippen LogP contribution in [0.15, 0.2) is 22.8 Å². The molecule has 5 atom stereocenters. The number of hydrogen-bond donors (Lipinski definition) is 0. The van der Waals surface area contributed by atoms with E-state index in [1.54, 1.807) is 6.26 Å². The van der Waals surface area contributed by atoms with E-state index in [2.05, 4.69) is 13.5 Å². The van der Waals surface area contributed by atoms with Gasteiger partial charge in [-0.05, 0) is 36.2 Å². The summed E-state index contributed by atoms with van der Waals surface area (Å²) >= 11 is 0. The Morgan fingerprint density at radius 1 is 1.55 bits per heavy atom. The standard InChI is InChI=1S/C17H20O3/c1-8-7-19-13-6-17(4)12-5-11(12)9(2)15(17)16(14(8)13)20-10(3)18/h7,11-12,15-16H,2,5-6H2,1,3-4H3/t11-,12-,15-,16+,17-/m1/s1. The lowest BCUT2D eigenvalue weighted by Crippen LogP contribution is -2.39. The summed E-state index contributed by atoms with van der Waals surface area (Å²) in [4.78, 5) is 11.6. The first-order valence-electron chi connectivity index (χ1n) is 7.36. The van der Waals surface area contributed by atoms with Crippen molar-refractivity contribution in [2.45, 2.75) is 39.7 Å². The third kappa shape index (κ3) is 1.33. The summed E-state index contributed by atoms with van der Waals surface area (Å²) in [5.74, 6) is 2.36. The molecule has 0 aliphatic heterocycles. The maximum atomic E-state index is 11.6. The Bertz CT molecular complexity index is 626. The normalized spacial score (nSPS) is 40.9. The van der Waals surface area contributed by atoms with Gasteiger partial charge in [0.2, 0.25) is 0 Å². The smallest absolute Gasteiger partial charge is 0.303 e. The van der Waals surface area contributed by atoms with Gasteiger partial charge in [-0.15, -0.1) is 0 Å². The summed E-state index contributed by atoms with van der Waals surface area (Å²) in [5, 5.41) is 0. The summed E-state index contributed by atoms with van der Waals surface area (Å²) in [6.45, 7) is 10.2. The lowest BCUT2D eigenvalue weighted by Gasteiger charge is -2.43. The second kappa shape index (κ2) is 3.57. The lowest BCUT2D eigenvalue weighted by atomic mass is 9.64. The minimum absolute atomic E-state index is 0.138. The molecule has 0 N–H and O–H groups in total. The summed E-state index contributed by atoms with van der Waals surface area (Å²) in [6.07, 6.45) is 3.77. The fourth-order valence-electron chi connectivity index (χ4n) is 4.84. The molecule has 2 fully saturated rings. The highest BCUT2D eigenvalue weighted by Crippen LogP contribution is 2.72. The zero-order valence-corrected chi connectivity index (χ0v) is 12.2. The van der Waals surface area contributed by atoms with Crippen molar-refractivity contribution in [2.24, 2.45) is 23.2 Å². The Labute approximate surface area is 119 Å². The van der Waals surface area contributed by atoms with Crippen molar-refractivity contribution >= 4 is 5.97 Å². The lowest BCUT2D eigenvalue weighted by molar-refractivity contribution is -0.152. The Balaban J connectivity index is 1.86. The monoisotopic (exact) mass is 272 g/mol. The van der Waals surface area contributed by atoms with Gasteiger partial charge < -0.3 is 9.15 Å². The molecule has 1 heterocycles. The number of hydrogen-bond acceptors (Lipinski definition) is 3.